The van der Waals surface area contributed by atoms with Gasteiger partial charge in [0.15, 0.2) is 0 Å². The Balaban J connectivity index is 1.63. The van der Waals surface area contributed by atoms with Crippen molar-refractivity contribution in [3.05, 3.63) is 75.9 Å². The van der Waals surface area contributed by atoms with E-state index < -0.39 is 5.91 Å². The van der Waals surface area contributed by atoms with Gasteiger partial charge in [-0.2, -0.15) is 11.3 Å². The molecule has 2 heterocycles. The van der Waals surface area contributed by atoms with Crippen molar-refractivity contribution in [2.45, 2.75) is 17.6 Å². The van der Waals surface area contributed by atoms with E-state index in [-0.39, 0.29) is 5.91 Å². The minimum absolute atomic E-state index is 0.358. The number of hydrazine groups is 1. The highest BCUT2D eigenvalue weighted by atomic mass is 32.2. The van der Waals surface area contributed by atoms with E-state index in [9.17, 15) is 9.59 Å². The molecule has 128 valence electrons. The molecule has 0 radical (unpaired) electrons. The maximum absolute atomic E-state index is 12.4. The lowest BCUT2D eigenvalue weighted by atomic mass is 10.2. The minimum atomic E-state index is -0.414. The van der Waals surface area contributed by atoms with Crippen LogP contribution in [0.3, 0.4) is 0 Å². The van der Waals surface area contributed by atoms with Gasteiger partial charge in [0.05, 0.1) is 17.4 Å². The molecular weight excluding hydrogens is 356 g/mol. The van der Waals surface area contributed by atoms with Crippen LogP contribution in [-0.2, 0) is 5.75 Å². The fraction of sp³-hybridized carbons (Fsp3) is 0.111. The Morgan fingerprint density at radius 3 is 2.52 bits per heavy atom. The van der Waals surface area contributed by atoms with Gasteiger partial charge < -0.3 is 4.42 Å². The molecule has 2 amide bonds. The summed E-state index contributed by atoms with van der Waals surface area (Å²) in [6.07, 6.45) is 1.43. The summed E-state index contributed by atoms with van der Waals surface area (Å²) in [5.74, 6) is 0.512. The van der Waals surface area contributed by atoms with Gasteiger partial charge in [0, 0.05) is 10.6 Å². The Morgan fingerprint density at radius 1 is 1.08 bits per heavy atom. The molecule has 7 heteroatoms. The Morgan fingerprint density at radius 2 is 1.84 bits per heavy atom. The lowest BCUT2D eigenvalue weighted by Crippen LogP contribution is -2.41. The number of carbonyl (C=O) groups excluding carboxylic acids is 2. The van der Waals surface area contributed by atoms with Gasteiger partial charge in [0.25, 0.3) is 11.8 Å². The molecular formula is C18H16N2O3S2. The molecule has 3 rings (SSSR count). The third-order valence-electron chi connectivity index (χ3n) is 3.50. The quantitative estimate of drug-likeness (QED) is 0.524. The molecule has 2 aromatic heterocycles. The highest BCUT2D eigenvalue weighted by molar-refractivity contribution is 7.98. The Kier molecular flexibility index (Phi) is 5.57. The molecule has 0 saturated carbocycles. The summed E-state index contributed by atoms with van der Waals surface area (Å²) in [5, 5.41) is 4.12. The fourth-order valence-electron chi connectivity index (χ4n) is 2.18. The number of furan rings is 1. The van der Waals surface area contributed by atoms with E-state index in [1.807, 2.05) is 17.5 Å². The number of nitrogens with one attached hydrogen (secondary N) is 2. The summed E-state index contributed by atoms with van der Waals surface area (Å²) in [4.78, 5) is 25.3. The van der Waals surface area contributed by atoms with Crippen LogP contribution in [0.15, 0.2) is 62.7 Å². The number of benzene rings is 1. The number of hydrogen-bond acceptors (Lipinski definition) is 5. The van der Waals surface area contributed by atoms with Gasteiger partial charge in [-0.15, -0.1) is 11.8 Å². The molecule has 0 aliphatic heterocycles. The highest BCUT2D eigenvalue weighted by Gasteiger charge is 2.15. The zero-order chi connectivity index (χ0) is 17.6. The fourth-order valence-corrected chi connectivity index (χ4v) is 3.95. The summed E-state index contributed by atoms with van der Waals surface area (Å²) in [7, 11) is 0. The molecule has 0 aliphatic rings. The molecule has 1 aromatic carbocycles. The number of hydrogen-bond donors (Lipinski definition) is 2. The molecule has 0 unspecified atom stereocenters. The number of thioether (sulfide) groups is 1. The average molecular weight is 372 g/mol. The second kappa shape index (κ2) is 8.04. The minimum Gasteiger partial charge on any atom is -0.469 e. The molecule has 5 nitrogen and oxygen atoms in total. The normalized spacial score (nSPS) is 10.4. The van der Waals surface area contributed by atoms with Crippen LogP contribution in [0.25, 0.3) is 0 Å². The first-order valence-electron chi connectivity index (χ1n) is 7.53. The second-order valence-electron chi connectivity index (χ2n) is 5.22. The van der Waals surface area contributed by atoms with Crippen LogP contribution < -0.4 is 10.9 Å². The number of amides is 2. The number of carbonyl (C=O) groups is 2. The Labute approximate surface area is 153 Å². The summed E-state index contributed by atoms with van der Waals surface area (Å²) in [5.41, 5.74) is 7.00. The summed E-state index contributed by atoms with van der Waals surface area (Å²) >= 11 is 3.23. The number of thiophene rings is 1. The maximum atomic E-state index is 12.4. The van der Waals surface area contributed by atoms with E-state index in [1.165, 1.54) is 11.8 Å². The van der Waals surface area contributed by atoms with Crippen LogP contribution in [-0.4, -0.2) is 11.8 Å². The molecule has 0 saturated heterocycles. The van der Waals surface area contributed by atoms with Crippen molar-refractivity contribution < 1.29 is 14.0 Å². The topological polar surface area (TPSA) is 71.3 Å². The zero-order valence-corrected chi connectivity index (χ0v) is 15.1. The van der Waals surface area contributed by atoms with Crippen molar-refractivity contribution in [2.24, 2.45) is 0 Å². The van der Waals surface area contributed by atoms with Gasteiger partial charge >= 0.3 is 0 Å². The van der Waals surface area contributed by atoms with E-state index >= 15 is 0 Å². The highest BCUT2D eigenvalue weighted by Crippen LogP contribution is 2.27. The zero-order valence-electron chi connectivity index (χ0n) is 13.4. The van der Waals surface area contributed by atoms with Gasteiger partial charge in [0.2, 0.25) is 0 Å². The van der Waals surface area contributed by atoms with Crippen molar-refractivity contribution in [1.82, 2.24) is 10.9 Å². The maximum Gasteiger partial charge on any atom is 0.273 e. The first-order chi connectivity index (χ1) is 12.1. The van der Waals surface area contributed by atoms with Crippen LogP contribution >= 0.6 is 23.1 Å². The van der Waals surface area contributed by atoms with Gasteiger partial charge in [0.1, 0.15) is 5.76 Å². The van der Waals surface area contributed by atoms with E-state index in [1.54, 1.807) is 48.2 Å². The second-order valence-corrected chi connectivity index (χ2v) is 7.01. The molecule has 25 heavy (non-hydrogen) atoms. The lowest BCUT2D eigenvalue weighted by Gasteiger charge is -2.10. The van der Waals surface area contributed by atoms with Crippen molar-refractivity contribution in [2.75, 3.05) is 0 Å². The van der Waals surface area contributed by atoms with Crippen LogP contribution in [0.1, 0.15) is 32.0 Å². The summed E-state index contributed by atoms with van der Waals surface area (Å²) in [6.45, 7) is 1.69. The van der Waals surface area contributed by atoms with E-state index in [2.05, 4.69) is 22.3 Å². The monoisotopic (exact) mass is 372 g/mol. The molecule has 0 fully saturated rings. The van der Waals surface area contributed by atoms with Crippen molar-refractivity contribution in [1.29, 1.82) is 0 Å². The third kappa shape index (κ3) is 4.32. The van der Waals surface area contributed by atoms with Gasteiger partial charge in [-0.1, -0.05) is 12.1 Å². The summed E-state index contributed by atoms with van der Waals surface area (Å²) in [6, 6.07) is 10.9. The molecule has 2 N–H and O–H groups in total. The lowest BCUT2D eigenvalue weighted by molar-refractivity contribution is 0.0844. The van der Waals surface area contributed by atoms with Gasteiger partial charge in [-0.3, -0.25) is 20.4 Å². The van der Waals surface area contributed by atoms with Crippen molar-refractivity contribution in [3.8, 4) is 0 Å². The number of aryl methyl sites for hydroxylation is 1. The van der Waals surface area contributed by atoms with E-state index in [0.717, 1.165) is 10.6 Å². The molecule has 0 aliphatic carbocycles. The molecule has 3 aromatic rings. The van der Waals surface area contributed by atoms with Crippen molar-refractivity contribution in [3.63, 3.8) is 0 Å². The first-order valence-corrected chi connectivity index (χ1v) is 9.45. The average Bonchev–Trinajstić information content (AvgIpc) is 3.29. The van der Waals surface area contributed by atoms with Crippen LogP contribution in [0.4, 0.5) is 0 Å². The first kappa shape index (κ1) is 17.3. The third-order valence-corrected chi connectivity index (χ3v) is 5.38. The van der Waals surface area contributed by atoms with Gasteiger partial charge in [-0.25, -0.2) is 0 Å². The standard InChI is InChI=1S/C18H16N2O3S2/c1-12-14(6-8-23-12)17(21)19-20-18(22)15-4-2-3-5-16(15)25-11-13-7-9-24-10-13/h2-10H,11H2,1H3,(H,19,21)(H,20,22). The van der Waals surface area contributed by atoms with Crippen LogP contribution in [0, 0.1) is 6.92 Å². The predicted molar refractivity (Wildman–Crippen MR) is 98.7 cm³/mol. The largest absolute Gasteiger partial charge is 0.469 e. The van der Waals surface area contributed by atoms with E-state index in [0.29, 0.717) is 16.9 Å². The molecule has 0 bridgehead atoms. The molecule has 0 spiro atoms. The van der Waals surface area contributed by atoms with Gasteiger partial charge in [-0.05, 0) is 47.5 Å². The smallest absolute Gasteiger partial charge is 0.273 e. The van der Waals surface area contributed by atoms with E-state index in [4.69, 9.17) is 4.42 Å². The summed E-state index contributed by atoms with van der Waals surface area (Å²) < 4.78 is 5.09. The van der Waals surface area contributed by atoms with Crippen LogP contribution in [0.2, 0.25) is 0 Å². The predicted octanol–water partition coefficient (Wildman–Crippen LogP) is 4.02. The number of rotatable bonds is 5. The SMILES string of the molecule is Cc1occc1C(=O)NNC(=O)c1ccccc1SCc1ccsc1. The Hall–Kier alpha value is -2.51. The molecule has 0 atom stereocenters. The Bertz CT molecular complexity index is 872. The van der Waals surface area contributed by atoms with Crippen molar-refractivity contribution >= 4 is 34.9 Å². The van der Waals surface area contributed by atoms with Crippen LogP contribution in [0.5, 0.6) is 0 Å².